The molecule has 0 aromatic heterocycles. The van der Waals surface area contributed by atoms with Crippen molar-refractivity contribution in [1.82, 2.24) is 0 Å². The number of para-hydroxylation sites is 1. The summed E-state index contributed by atoms with van der Waals surface area (Å²) in [7, 11) is 0. The molecule has 1 N–H and O–H groups in total. The number of aryl methyl sites for hydroxylation is 1. The Bertz CT molecular complexity index is 299. The summed E-state index contributed by atoms with van der Waals surface area (Å²) in [5.74, 6) is 0.565. The molecule has 0 aliphatic heterocycles. The van der Waals surface area contributed by atoms with E-state index in [2.05, 4.69) is 5.32 Å². The molecule has 3 heteroatoms. The van der Waals surface area contributed by atoms with Crippen molar-refractivity contribution in [2.45, 2.75) is 6.92 Å². The lowest BCUT2D eigenvalue weighted by atomic mass is 10.2. The molecule has 1 aromatic carbocycles. The third-order valence-electron chi connectivity index (χ3n) is 1.69. The van der Waals surface area contributed by atoms with Crippen LogP contribution in [0.3, 0.4) is 0 Å². The van der Waals surface area contributed by atoms with Crippen molar-refractivity contribution < 1.29 is 4.79 Å². The average Bonchev–Trinajstić information content (AvgIpc) is 2.09. The van der Waals surface area contributed by atoms with Crippen molar-refractivity contribution in [3.05, 3.63) is 29.8 Å². The Morgan fingerprint density at radius 3 is 2.77 bits per heavy atom. The second-order valence-electron chi connectivity index (χ2n) is 2.80. The molecule has 0 bridgehead atoms. The van der Waals surface area contributed by atoms with Crippen LogP contribution in [0, 0.1) is 6.92 Å². The van der Waals surface area contributed by atoms with Crippen LogP contribution in [-0.4, -0.2) is 17.9 Å². The van der Waals surface area contributed by atoms with Gasteiger partial charge < -0.3 is 5.32 Å². The van der Waals surface area contributed by atoms with Crippen molar-refractivity contribution >= 4 is 23.4 Å². The van der Waals surface area contributed by atoms with Gasteiger partial charge in [-0.15, -0.1) is 0 Å². The highest BCUT2D eigenvalue weighted by Crippen LogP contribution is 2.13. The number of nitrogens with one attached hydrogen (secondary N) is 1. The Kier molecular flexibility index (Phi) is 3.83. The second kappa shape index (κ2) is 4.92. The van der Waals surface area contributed by atoms with E-state index in [-0.39, 0.29) is 5.91 Å². The molecule has 13 heavy (non-hydrogen) atoms. The van der Waals surface area contributed by atoms with Crippen molar-refractivity contribution in [2.75, 3.05) is 17.3 Å². The number of thioether (sulfide) groups is 1. The quantitative estimate of drug-likeness (QED) is 0.801. The van der Waals surface area contributed by atoms with E-state index in [0.717, 1.165) is 11.3 Å². The lowest BCUT2D eigenvalue weighted by Crippen LogP contribution is -2.14. The van der Waals surface area contributed by atoms with Gasteiger partial charge >= 0.3 is 0 Å². The number of amides is 1. The van der Waals surface area contributed by atoms with Crippen LogP contribution in [0.4, 0.5) is 5.69 Å². The summed E-state index contributed by atoms with van der Waals surface area (Å²) in [6.07, 6.45) is 1.91. The second-order valence-corrected chi connectivity index (χ2v) is 3.66. The largest absolute Gasteiger partial charge is 0.325 e. The van der Waals surface area contributed by atoms with Gasteiger partial charge in [0.1, 0.15) is 0 Å². The van der Waals surface area contributed by atoms with Crippen LogP contribution in [-0.2, 0) is 4.79 Å². The van der Waals surface area contributed by atoms with Gasteiger partial charge in [-0.1, -0.05) is 18.2 Å². The molecule has 2 nitrogen and oxygen atoms in total. The first-order chi connectivity index (χ1) is 6.24. The van der Waals surface area contributed by atoms with Crippen LogP contribution in [0.15, 0.2) is 24.3 Å². The maximum Gasteiger partial charge on any atom is 0.234 e. The number of carbonyl (C=O) groups excluding carboxylic acids is 1. The van der Waals surface area contributed by atoms with Crippen LogP contribution < -0.4 is 5.32 Å². The SMILES string of the molecule is CSCC(=O)Nc1ccccc1C. The first-order valence-corrected chi connectivity index (χ1v) is 5.48. The molecule has 0 spiro atoms. The van der Waals surface area contributed by atoms with E-state index < -0.39 is 0 Å². The Hall–Kier alpha value is -0.960. The van der Waals surface area contributed by atoms with Crippen molar-refractivity contribution in [2.24, 2.45) is 0 Å². The molecule has 1 rings (SSSR count). The zero-order chi connectivity index (χ0) is 9.68. The van der Waals surface area contributed by atoms with Crippen molar-refractivity contribution in [3.63, 3.8) is 0 Å². The van der Waals surface area contributed by atoms with Gasteiger partial charge in [-0.2, -0.15) is 11.8 Å². The summed E-state index contributed by atoms with van der Waals surface area (Å²) < 4.78 is 0. The summed E-state index contributed by atoms with van der Waals surface area (Å²) in [5.41, 5.74) is 2.00. The first-order valence-electron chi connectivity index (χ1n) is 4.08. The van der Waals surface area contributed by atoms with Gasteiger partial charge in [-0.3, -0.25) is 4.79 Å². The third-order valence-corrected chi connectivity index (χ3v) is 2.25. The molecule has 0 radical (unpaired) electrons. The number of hydrogen-bond donors (Lipinski definition) is 1. The van der Waals surface area contributed by atoms with Crippen LogP contribution in [0.2, 0.25) is 0 Å². The summed E-state index contributed by atoms with van der Waals surface area (Å²) >= 11 is 1.52. The maximum atomic E-state index is 11.2. The number of benzene rings is 1. The minimum Gasteiger partial charge on any atom is -0.325 e. The highest BCUT2D eigenvalue weighted by molar-refractivity contribution is 7.99. The van der Waals surface area contributed by atoms with E-state index in [1.807, 2.05) is 37.4 Å². The van der Waals surface area contributed by atoms with E-state index in [1.54, 1.807) is 0 Å². The molecule has 0 heterocycles. The molecule has 70 valence electrons. The highest BCUT2D eigenvalue weighted by Gasteiger charge is 2.01. The standard InChI is InChI=1S/C10H13NOS/c1-8-5-3-4-6-9(8)11-10(12)7-13-2/h3-6H,7H2,1-2H3,(H,11,12). The molecule has 0 saturated heterocycles. The Labute approximate surface area is 82.7 Å². The van der Waals surface area contributed by atoms with Gasteiger partial charge in [-0.25, -0.2) is 0 Å². The zero-order valence-corrected chi connectivity index (χ0v) is 8.65. The fraction of sp³-hybridized carbons (Fsp3) is 0.300. The van der Waals surface area contributed by atoms with E-state index in [0.29, 0.717) is 5.75 Å². The van der Waals surface area contributed by atoms with Crippen LogP contribution >= 0.6 is 11.8 Å². The Morgan fingerprint density at radius 2 is 2.15 bits per heavy atom. The third kappa shape index (κ3) is 3.11. The lowest BCUT2D eigenvalue weighted by Gasteiger charge is -2.06. The lowest BCUT2D eigenvalue weighted by molar-refractivity contribution is -0.113. The highest BCUT2D eigenvalue weighted by atomic mass is 32.2. The predicted octanol–water partition coefficient (Wildman–Crippen LogP) is 2.30. The van der Waals surface area contributed by atoms with Gasteiger partial charge in [0.2, 0.25) is 5.91 Å². The van der Waals surface area contributed by atoms with Crippen LogP contribution in [0.25, 0.3) is 0 Å². The topological polar surface area (TPSA) is 29.1 Å². The first kappa shape index (κ1) is 10.1. The monoisotopic (exact) mass is 195 g/mol. The van der Waals surface area contributed by atoms with Gasteiger partial charge in [0, 0.05) is 5.69 Å². The molecule has 1 amide bonds. The fourth-order valence-electron chi connectivity index (χ4n) is 1.03. The molecular weight excluding hydrogens is 182 g/mol. The summed E-state index contributed by atoms with van der Waals surface area (Å²) in [4.78, 5) is 11.2. The van der Waals surface area contributed by atoms with Gasteiger partial charge in [0.05, 0.1) is 5.75 Å². The molecule has 0 aliphatic carbocycles. The van der Waals surface area contributed by atoms with Gasteiger partial charge in [0.25, 0.3) is 0 Å². The maximum absolute atomic E-state index is 11.2. The molecule has 0 atom stereocenters. The van der Waals surface area contributed by atoms with Gasteiger partial charge in [0.15, 0.2) is 0 Å². The Morgan fingerprint density at radius 1 is 1.46 bits per heavy atom. The number of anilines is 1. The van der Waals surface area contributed by atoms with E-state index >= 15 is 0 Å². The number of carbonyl (C=O) groups is 1. The van der Waals surface area contributed by atoms with Crippen LogP contribution in [0.1, 0.15) is 5.56 Å². The molecular formula is C10H13NOS. The molecule has 0 unspecified atom stereocenters. The van der Waals surface area contributed by atoms with E-state index in [1.165, 1.54) is 11.8 Å². The fourth-order valence-corrected chi connectivity index (χ4v) is 1.36. The summed E-state index contributed by atoms with van der Waals surface area (Å²) in [6, 6.07) is 7.77. The van der Waals surface area contributed by atoms with Crippen molar-refractivity contribution in [3.8, 4) is 0 Å². The average molecular weight is 195 g/mol. The summed E-state index contributed by atoms with van der Waals surface area (Å²) in [6.45, 7) is 1.98. The molecule has 0 aliphatic rings. The normalized spacial score (nSPS) is 9.69. The summed E-state index contributed by atoms with van der Waals surface area (Å²) in [5, 5.41) is 2.85. The van der Waals surface area contributed by atoms with E-state index in [9.17, 15) is 4.79 Å². The molecule has 1 aromatic rings. The molecule has 0 saturated carbocycles. The van der Waals surface area contributed by atoms with Crippen molar-refractivity contribution in [1.29, 1.82) is 0 Å². The minimum atomic E-state index is 0.0572. The zero-order valence-electron chi connectivity index (χ0n) is 7.83. The Balaban J connectivity index is 2.63. The smallest absolute Gasteiger partial charge is 0.234 e. The number of hydrogen-bond acceptors (Lipinski definition) is 2. The number of rotatable bonds is 3. The van der Waals surface area contributed by atoms with E-state index in [4.69, 9.17) is 0 Å². The molecule has 0 fully saturated rings. The van der Waals surface area contributed by atoms with Crippen LogP contribution in [0.5, 0.6) is 0 Å². The van der Waals surface area contributed by atoms with Gasteiger partial charge in [-0.05, 0) is 24.8 Å². The minimum absolute atomic E-state index is 0.0572. The predicted molar refractivity (Wildman–Crippen MR) is 58.2 cm³/mol.